The Morgan fingerprint density at radius 3 is 2.78 bits per heavy atom. The molecule has 1 saturated heterocycles. The molecule has 0 bridgehead atoms. The van der Waals surface area contributed by atoms with Gasteiger partial charge in [-0.05, 0) is 24.6 Å². The number of ether oxygens (including phenoxy) is 2. The minimum Gasteiger partial charge on any atom is -0.491 e. The molecule has 0 aliphatic carbocycles. The average Bonchev–Trinajstić information content (AvgIpc) is 2.26. The largest absolute Gasteiger partial charge is 0.491 e. The molecular weight excluding hydrogens is 239 g/mol. The first-order chi connectivity index (χ1) is 8.57. The maximum atomic E-state index is 13.7. The van der Waals surface area contributed by atoms with Crippen LogP contribution >= 0.6 is 0 Å². The third-order valence-electron chi connectivity index (χ3n) is 3.08. The molecule has 1 aliphatic rings. The molecule has 0 amide bonds. The van der Waals surface area contributed by atoms with Crippen molar-refractivity contribution in [2.24, 2.45) is 0 Å². The van der Waals surface area contributed by atoms with Crippen LogP contribution in [0.1, 0.15) is 25.3 Å². The van der Waals surface area contributed by atoms with Gasteiger partial charge in [-0.1, -0.05) is 6.07 Å². The maximum absolute atomic E-state index is 13.7. The SMILES string of the molecule is CCOc1ccc(C2(CC(=O)O)CCO2)cc1F. The van der Waals surface area contributed by atoms with E-state index in [1.807, 2.05) is 0 Å². The minimum atomic E-state index is -0.955. The summed E-state index contributed by atoms with van der Waals surface area (Å²) < 4.78 is 24.2. The standard InChI is InChI=1S/C13H15FO4/c1-2-17-11-4-3-9(7-10(11)14)13(5-6-18-13)8-12(15)16/h3-4,7H,2,5-6,8H2,1H3,(H,15,16). The molecule has 0 radical (unpaired) electrons. The van der Waals surface area contributed by atoms with Crippen LogP contribution in [-0.4, -0.2) is 24.3 Å². The second kappa shape index (κ2) is 4.94. The molecule has 5 heteroatoms. The second-order valence-electron chi connectivity index (χ2n) is 4.24. The first kappa shape index (κ1) is 12.8. The monoisotopic (exact) mass is 254 g/mol. The van der Waals surface area contributed by atoms with Crippen LogP contribution in [0.15, 0.2) is 18.2 Å². The lowest BCUT2D eigenvalue weighted by Gasteiger charge is -2.41. The lowest BCUT2D eigenvalue weighted by atomic mass is 9.83. The Balaban J connectivity index is 2.27. The number of carboxylic acid groups (broad SMARTS) is 1. The van der Waals surface area contributed by atoms with Crippen molar-refractivity contribution in [1.29, 1.82) is 0 Å². The predicted molar refractivity (Wildman–Crippen MR) is 62.1 cm³/mol. The molecule has 1 N–H and O–H groups in total. The van der Waals surface area contributed by atoms with Crippen LogP contribution < -0.4 is 4.74 Å². The quantitative estimate of drug-likeness (QED) is 0.876. The zero-order chi connectivity index (χ0) is 13.2. The Labute approximate surface area is 104 Å². The maximum Gasteiger partial charge on any atom is 0.306 e. The van der Waals surface area contributed by atoms with Crippen LogP contribution in [-0.2, 0) is 15.1 Å². The van der Waals surface area contributed by atoms with E-state index in [-0.39, 0.29) is 12.2 Å². The van der Waals surface area contributed by atoms with E-state index in [1.54, 1.807) is 13.0 Å². The number of aliphatic carboxylic acids is 1. The van der Waals surface area contributed by atoms with E-state index in [2.05, 4.69) is 0 Å². The van der Waals surface area contributed by atoms with Crippen molar-refractivity contribution in [2.75, 3.05) is 13.2 Å². The van der Waals surface area contributed by atoms with Crippen LogP contribution in [0.5, 0.6) is 5.75 Å². The zero-order valence-corrected chi connectivity index (χ0v) is 10.1. The summed E-state index contributed by atoms with van der Waals surface area (Å²) >= 11 is 0. The number of halogens is 1. The number of carboxylic acids is 1. The fraction of sp³-hybridized carbons (Fsp3) is 0.462. The van der Waals surface area contributed by atoms with Gasteiger partial charge in [-0.3, -0.25) is 4.79 Å². The molecule has 18 heavy (non-hydrogen) atoms. The Morgan fingerprint density at radius 2 is 2.33 bits per heavy atom. The fourth-order valence-electron chi connectivity index (χ4n) is 2.12. The number of rotatable bonds is 5. The van der Waals surface area contributed by atoms with E-state index >= 15 is 0 Å². The summed E-state index contributed by atoms with van der Waals surface area (Å²) in [6, 6.07) is 4.47. The molecule has 1 atom stereocenters. The molecule has 2 rings (SSSR count). The van der Waals surface area contributed by atoms with Gasteiger partial charge in [-0.15, -0.1) is 0 Å². The van der Waals surface area contributed by atoms with Crippen molar-refractivity contribution in [3.63, 3.8) is 0 Å². The number of benzene rings is 1. The van der Waals surface area contributed by atoms with Crippen LogP contribution in [0.25, 0.3) is 0 Å². The molecule has 0 aromatic heterocycles. The van der Waals surface area contributed by atoms with Gasteiger partial charge in [0.15, 0.2) is 11.6 Å². The summed E-state index contributed by atoms with van der Waals surface area (Å²) in [4.78, 5) is 10.8. The van der Waals surface area contributed by atoms with Crippen molar-refractivity contribution >= 4 is 5.97 Å². The highest BCUT2D eigenvalue weighted by Gasteiger charge is 2.42. The fourth-order valence-corrected chi connectivity index (χ4v) is 2.12. The van der Waals surface area contributed by atoms with Crippen molar-refractivity contribution in [2.45, 2.75) is 25.4 Å². The Hall–Kier alpha value is -1.62. The average molecular weight is 254 g/mol. The van der Waals surface area contributed by atoms with Gasteiger partial charge < -0.3 is 14.6 Å². The van der Waals surface area contributed by atoms with Crippen molar-refractivity contribution in [3.05, 3.63) is 29.6 Å². The van der Waals surface area contributed by atoms with E-state index in [0.29, 0.717) is 25.2 Å². The molecule has 0 spiro atoms. The van der Waals surface area contributed by atoms with Crippen molar-refractivity contribution in [3.8, 4) is 5.75 Å². The summed E-state index contributed by atoms with van der Waals surface area (Å²) in [5.41, 5.74) is -0.325. The van der Waals surface area contributed by atoms with Gasteiger partial charge in [0.1, 0.15) is 5.60 Å². The molecule has 98 valence electrons. The second-order valence-corrected chi connectivity index (χ2v) is 4.24. The summed E-state index contributed by atoms with van der Waals surface area (Å²) in [5, 5.41) is 8.89. The topological polar surface area (TPSA) is 55.8 Å². The summed E-state index contributed by atoms with van der Waals surface area (Å²) in [6.45, 7) is 2.66. The Kier molecular flexibility index (Phi) is 3.52. The van der Waals surface area contributed by atoms with Gasteiger partial charge >= 0.3 is 5.97 Å². The predicted octanol–water partition coefficient (Wildman–Crippen LogP) is 2.31. The highest BCUT2D eigenvalue weighted by atomic mass is 19.1. The smallest absolute Gasteiger partial charge is 0.306 e. The summed E-state index contributed by atoms with van der Waals surface area (Å²) in [6.07, 6.45) is 0.438. The van der Waals surface area contributed by atoms with Crippen LogP contribution in [0, 0.1) is 5.82 Å². The molecule has 1 aromatic rings. The molecule has 1 heterocycles. The first-order valence-electron chi connectivity index (χ1n) is 5.86. The highest BCUT2D eigenvalue weighted by molar-refractivity contribution is 5.69. The van der Waals surface area contributed by atoms with E-state index in [9.17, 15) is 9.18 Å². The number of hydrogen-bond acceptors (Lipinski definition) is 3. The molecule has 1 unspecified atom stereocenters. The van der Waals surface area contributed by atoms with Gasteiger partial charge in [-0.25, -0.2) is 4.39 Å². The third kappa shape index (κ3) is 2.31. The summed E-state index contributed by atoms with van der Waals surface area (Å²) in [7, 11) is 0. The van der Waals surface area contributed by atoms with E-state index in [0.717, 1.165) is 0 Å². The Morgan fingerprint density at radius 1 is 1.61 bits per heavy atom. The van der Waals surface area contributed by atoms with Gasteiger partial charge in [0.2, 0.25) is 0 Å². The van der Waals surface area contributed by atoms with Gasteiger partial charge in [0.05, 0.1) is 19.6 Å². The highest BCUT2D eigenvalue weighted by Crippen LogP contribution is 2.41. The Bertz CT molecular complexity index is 454. The molecule has 1 aliphatic heterocycles. The van der Waals surface area contributed by atoms with Crippen LogP contribution in [0.4, 0.5) is 4.39 Å². The molecule has 4 nitrogen and oxygen atoms in total. The summed E-state index contributed by atoms with van der Waals surface area (Å²) in [5.74, 6) is -1.27. The number of hydrogen-bond donors (Lipinski definition) is 1. The lowest BCUT2D eigenvalue weighted by Crippen LogP contribution is -2.42. The van der Waals surface area contributed by atoms with Crippen molar-refractivity contribution < 1.29 is 23.8 Å². The molecular formula is C13H15FO4. The van der Waals surface area contributed by atoms with E-state index in [1.165, 1.54) is 12.1 Å². The van der Waals surface area contributed by atoms with Gasteiger partial charge in [0, 0.05) is 6.42 Å². The molecule has 1 aromatic carbocycles. The number of carbonyl (C=O) groups is 1. The van der Waals surface area contributed by atoms with Crippen LogP contribution in [0.3, 0.4) is 0 Å². The molecule has 1 fully saturated rings. The normalized spacial score (nSPS) is 22.3. The van der Waals surface area contributed by atoms with Gasteiger partial charge in [0.25, 0.3) is 0 Å². The molecule has 0 saturated carbocycles. The van der Waals surface area contributed by atoms with E-state index < -0.39 is 17.4 Å². The third-order valence-corrected chi connectivity index (χ3v) is 3.08. The van der Waals surface area contributed by atoms with E-state index in [4.69, 9.17) is 14.6 Å². The van der Waals surface area contributed by atoms with Crippen molar-refractivity contribution in [1.82, 2.24) is 0 Å². The van der Waals surface area contributed by atoms with Crippen LogP contribution in [0.2, 0.25) is 0 Å². The first-order valence-corrected chi connectivity index (χ1v) is 5.86. The zero-order valence-electron chi connectivity index (χ0n) is 10.1. The lowest BCUT2D eigenvalue weighted by molar-refractivity contribution is -0.176. The minimum absolute atomic E-state index is 0.152. The van der Waals surface area contributed by atoms with Gasteiger partial charge in [-0.2, -0.15) is 0 Å².